The number of aromatic nitrogens is 2. The number of para-hydroxylation sites is 2. The highest BCUT2D eigenvalue weighted by Gasteiger charge is 2.31. The van der Waals surface area contributed by atoms with Crippen molar-refractivity contribution >= 4 is 42.7 Å². The lowest BCUT2D eigenvalue weighted by Gasteiger charge is -2.30. The number of nitrogens with one attached hydrogen (secondary N) is 2. The van der Waals surface area contributed by atoms with E-state index in [-0.39, 0.29) is 15.7 Å². The third kappa shape index (κ3) is 5.71. The zero-order chi connectivity index (χ0) is 29.3. The zero-order valence-corrected chi connectivity index (χ0v) is 24.7. The number of carbonyl (C=O) groups excluding carboxylic acids is 1. The second-order valence-electron chi connectivity index (χ2n) is 10.8. The van der Waals surface area contributed by atoms with Crippen molar-refractivity contribution < 1.29 is 21.6 Å². The highest BCUT2D eigenvalue weighted by Crippen LogP contribution is 2.31. The summed E-state index contributed by atoms with van der Waals surface area (Å²) in [5.74, 6) is 0.646. The van der Waals surface area contributed by atoms with Crippen LogP contribution in [0.1, 0.15) is 54.2 Å². The summed E-state index contributed by atoms with van der Waals surface area (Å²) in [5, 5.41) is 2.76. The van der Waals surface area contributed by atoms with Crippen molar-refractivity contribution in [1.82, 2.24) is 18.6 Å². The fourth-order valence-electron chi connectivity index (χ4n) is 5.63. The number of fused-ring (bicyclic) bond motifs is 1. The van der Waals surface area contributed by atoms with Gasteiger partial charge in [-0.25, -0.2) is 21.8 Å². The van der Waals surface area contributed by atoms with Crippen molar-refractivity contribution in [1.29, 1.82) is 0 Å². The molecule has 0 saturated carbocycles. The Hall–Kier alpha value is -3.58. The summed E-state index contributed by atoms with van der Waals surface area (Å²) in [6, 6.07) is 19.8. The topological polar surface area (TPSA) is 133 Å². The molecule has 0 atom stereocenters. The summed E-state index contributed by atoms with van der Waals surface area (Å²) >= 11 is 0. The summed E-state index contributed by atoms with van der Waals surface area (Å²) < 4.78 is 55.4. The van der Waals surface area contributed by atoms with Crippen molar-refractivity contribution in [3.63, 3.8) is 0 Å². The van der Waals surface area contributed by atoms with Gasteiger partial charge in [0.2, 0.25) is 20.0 Å². The van der Waals surface area contributed by atoms with E-state index in [1.54, 1.807) is 12.1 Å². The van der Waals surface area contributed by atoms with Gasteiger partial charge in [0.05, 0.1) is 20.8 Å². The summed E-state index contributed by atoms with van der Waals surface area (Å²) in [6.45, 7) is 1.81. The highest BCUT2D eigenvalue weighted by atomic mass is 32.2. The van der Waals surface area contributed by atoms with E-state index in [0.29, 0.717) is 50.3 Å². The minimum atomic E-state index is -3.69. The minimum absolute atomic E-state index is 0.162. The van der Waals surface area contributed by atoms with Gasteiger partial charge in [-0.1, -0.05) is 18.6 Å². The van der Waals surface area contributed by atoms with Gasteiger partial charge < -0.3 is 10.3 Å². The van der Waals surface area contributed by atoms with Crippen LogP contribution in [0.3, 0.4) is 0 Å². The van der Waals surface area contributed by atoms with Gasteiger partial charge in [-0.15, -0.1) is 0 Å². The molecule has 0 unspecified atom stereocenters. The zero-order valence-electron chi connectivity index (χ0n) is 23.1. The molecule has 0 radical (unpaired) electrons. The Morgan fingerprint density at radius 1 is 0.738 bits per heavy atom. The molecule has 6 rings (SSSR count). The molecule has 10 nitrogen and oxygen atoms in total. The number of nitrogens with zero attached hydrogens (tertiary/aromatic N) is 3. The van der Waals surface area contributed by atoms with E-state index in [2.05, 4.69) is 15.3 Å². The molecule has 0 aliphatic carbocycles. The second-order valence-corrected chi connectivity index (χ2v) is 14.7. The quantitative estimate of drug-likeness (QED) is 0.317. The van der Waals surface area contributed by atoms with E-state index in [4.69, 9.17) is 0 Å². The monoisotopic (exact) mass is 607 g/mol. The lowest BCUT2D eigenvalue weighted by Crippen LogP contribution is -2.38. The van der Waals surface area contributed by atoms with Crippen LogP contribution in [-0.2, 0) is 20.0 Å². The first kappa shape index (κ1) is 28.5. The Balaban J connectivity index is 1.06. The van der Waals surface area contributed by atoms with Crippen LogP contribution in [0.5, 0.6) is 0 Å². The van der Waals surface area contributed by atoms with Crippen LogP contribution in [0, 0.1) is 0 Å². The molecule has 2 saturated heterocycles. The molecule has 4 aromatic rings. The molecule has 2 N–H and O–H groups in total. The Morgan fingerprint density at radius 3 is 1.93 bits per heavy atom. The summed E-state index contributed by atoms with van der Waals surface area (Å²) in [7, 11) is -7.27. The Kier molecular flexibility index (Phi) is 7.88. The van der Waals surface area contributed by atoms with Gasteiger partial charge in [0.25, 0.3) is 5.91 Å². The maximum absolute atomic E-state index is 13.3. The number of hydrogen-bond acceptors (Lipinski definition) is 6. The van der Waals surface area contributed by atoms with Gasteiger partial charge in [0.1, 0.15) is 5.82 Å². The summed E-state index contributed by atoms with van der Waals surface area (Å²) in [5.41, 5.74) is 2.63. The molecule has 0 bridgehead atoms. The van der Waals surface area contributed by atoms with Crippen molar-refractivity contribution in [3.05, 3.63) is 84.2 Å². The molecule has 3 heterocycles. The first-order valence-corrected chi connectivity index (χ1v) is 17.1. The van der Waals surface area contributed by atoms with E-state index in [1.165, 1.54) is 45.0 Å². The molecule has 42 heavy (non-hydrogen) atoms. The molecular weight excluding hydrogens is 574 g/mol. The lowest BCUT2D eigenvalue weighted by atomic mass is 9.97. The third-order valence-electron chi connectivity index (χ3n) is 8.07. The number of amides is 1. The maximum Gasteiger partial charge on any atom is 0.255 e. The molecule has 3 aromatic carbocycles. The minimum Gasteiger partial charge on any atom is -0.342 e. The van der Waals surface area contributed by atoms with E-state index >= 15 is 0 Å². The molecule has 2 aliphatic heterocycles. The Bertz CT molecular complexity index is 1760. The number of rotatable bonds is 7. The second kappa shape index (κ2) is 11.6. The molecule has 2 aliphatic rings. The SMILES string of the molecule is O=C(Nc1ccc(S(=O)(=O)N2CCC(c3nc4ccccc4[nH]3)CC2)cc1)c1ccc(S(=O)(=O)N2CCCCC2)cc1. The van der Waals surface area contributed by atoms with E-state index in [9.17, 15) is 21.6 Å². The van der Waals surface area contributed by atoms with E-state index in [1.807, 2.05) is 24.3 Å². The molecule has 1 amide bonds. The Morgan fingerprint density at radius 2 is 1.31 bits per heavy atom. The molecule has 0 spiro atoms. The average molecular weight is 608 g/mol. The number of anilines is 1. The van der Waals surface area contributed by atoms with Crippen LogP contribution in [0.25, 0.3) is 11.0 Å². The average Bonchev–Trinajstić information content (AvgIpc) is 3.46. The first-order chi connectivity index (χ1) is 20.2. The van der Waals surface area contributed by atoms with Crippen molar-refractivity contribution in [2.24, 2.45) is 0 Å². The van der Waals surface area contributed by atoms with Crippen LogP contribution in [0.2, 0.25) is 0 Å². The third-order valence-corrected chi connectivity index (χ3v) is 11.9. The van der Waals surface area contributed by atoms with Gasteiger partial charge >= 0.3 is 0 Å². The first-order valence-electron chi connectivity index (χ1n) is 14.2. The van der Waals surface area contributed by atoms with Crippen LogP contribution < -0.4 is 5.32 Å². The van der Waals surface area contributed by atoms with Crippen LogP contribution in [-0.4, -0.2) is 67.5 Å². The van der Waals surface area contributed by atoms with Gasteiger partial charge in [0, 0.05) is 43.3 Å². The lowest BCUT2D eigenvalue weighted by molar-refractivity contribution is 0.102. The summed E-state index contributed by atoms with van der Waals surface area (Å²) in [4.78, 5) is 21.2. The largest absolute Gasteiger partial charge is 0.342 e. The van der Waals surface area contributed by atoms with Gasteiger partial charge in [-0.2, -0.15) is 8.61 Å². The number of aromatic amines is 1. The molecule has 1 aromatic heterocycles. The number of piperidine rings is 2. The van der Waals surface area contributed by atoms with Crippen LogP contribution in [0.4, 0.5) is 5.69 Å². The van der Waals surface area contributed by atoms with Crippen molar-refractivity contribution in [2.75, 3.05) is 31.5 Å². The fourth-order valence-corrected chi connectivity index (χ4v) is 8.62. The standard InChI is InChI=1S/C30H33N5O5S2/c36-30(23-8-12-25(13-9-23)41(37,38)34-18-4-1-5-19-34)31-24-10-14-26(15-11-24)42(39,40)35-20-16-22(17-21-35)29-32-27-6-2-3-7-28(27)33-29/h2-3,6-15,22H,1,4-5,16-21H2,(H,31,36)(H,32,33). The van der Waals surface area contributed by atoms with Crippen molar-refractivity contribution in [2.45, 2.75) is 47.8 Å². The number of carbonyl (C=O) groups is 1. The highest BCUT2D eigenvalue weighted by molar-refractivity contribution is 7.89. The smallest absolute Gasteiger partial charge is 0.255 e. The van der Waals surface area contributed by atoms with Crippen LogP contribution in [0.15, 0.2) is 82.6 Å². The maximum atomic E-state index is 13.3. The number of sulfonamides is 2. The normalized spacial score (nSPS) is 17.8. The number of benzene rings is 3. The number of imidazole rings is 1. The number of hydrogen-bond donors (Lipinski definition) is 2. The van der Waals surface area contributed by atoms with Crippen LogP contribution >= 0.6 is 0 Å². The molecule has 12 heteroatoms. The molecule has 2 fully saturated rings. The van der Waals surface area contributed by atoms with Gasteiger partial charge in [-0.3, -0.25) is 4.79 Å². The molecule has 220 valence electrons. The predicted molar refractivity (Wildman–Crippen MR) is 160 cm³/mol. The predicted octanol–water partition coefficient (Wildman–Crippen LogP) is 4.56. The summed E-state index contributed by atoms with van der Waals surface area (Å²) in [6.07, 6.45) is 4.07. The number of H-pyrrole nitrogens is 1. The van der Waals surface area contributed by atoms with E-state index in [0.717, 1.165) is 36.1 Å². The van der Waals surface area contributed by atoms with Gasteiger partial charge in [0.15, 0.2) is 0 Å². The van der Waals surface area contributed by atoms with E-state index < -0.39 is 26.0 Å². The fraction of sp³-hybridized carbons (Fsp3) is 0.333. The van der Waals surface area contributed by atoms with Gasteiger partial charge in [-0.05, 0) is 86.3 Å². The molecular formula is C30H33N5O5S2. The Labute approximate surface area is 245 Å². The van der Waals surface area contributed by atoms with Crippen molar-refractivity contribution in [3.8, 4) is 0 Å².